The second-order valence-electron chi connectivity index (χ2n) is 8.49. The van der Waals surface area contributed by atoms with Gasteiger partial charge in [0.05, 0.1) is 19.8 Å². The molecule has 3 saturated heterocycles. The summed E-state index contributed by atoms with van der Waals surface area (Å²) >= 11 is 0. The van der Waals surface area contributed by atoms with Crippen LogP contribution in [0.5, 0.6) is 0 Å². The normalized spacial score (nSPS) is 49.4. The highest BCUT2D eigenvalue weighted by molar-refractivity contribution is 4.98. The molecule has 12 N–H and O–H groups in total. The summed E-state index contributed by atoms with van der Waals surface area (Å²) in [6.07, 6.45) is -18.5. The van der Waals surface area contributed by atoms with Crippen LogP contribution in [0.4, 0.5) is 0 Å². The number of rotatable bonds is 7. The van der Waals surface area contributed by atoms with Crippen molar-refractivity contribution in [2.24, 2.45) is 0 Å². The molecular weight excluding hydrogens is 500 g/mol. The minimum Gasteiger partial charge on any atom is -0.394 e. The van der Waals surface area contributed by atoms with Crippen LogP contribution in [0.2, 0.25) is 0 Å². The van der Waals surface area contributed by atoms with Crippen molar-refractivity contribution in [2.75, 3.05) is 33.5 Å². The average Bonchev–Trinajstić information content (AvgIpc) is 3.12. The molecule has 214 valence electrons. The smallest absolute Gasteiger partial charge is 0.224 e. The lowest BCUT2D eigenvalue weighted by atomic mass is 9.99. The van der Waals surface area contributed by atoms with E-state index in [2.05, 4.69) is 0 Å². The zero-order valence-electron chi connectivity index (χ0n) is 19.2. The molecule has 3 aliphatic heterocycles. The van der Waals surface area contributed by atoms with Crippen molar-refractivity contribution in [2.45, 2.75) is 85.5 Å². The molecule has 0 bridgehead atoms. The highest BCUT2D eigenvalue weighted by atomic mass is 16.8. The molecule has 14 atom stereocenters. The Morgan fingerprint density at radius 2 is 1.17 bits per heavy atom. The number of aliphatic hydroxyl groups excluding tert-OH is 12. The first-order valence-corrected chi connectivity index (χ1v) is 11.0. The van der Waals surface area contributed by atoms with Gasteiger partial charge >= 0.3 is 0 Å². The van der Waals surface area contributed by atoms with Gasteiger partial charge in [0.25, 0.3) is 0 Å². The molecule has 36 heavy (non-hydrogen) atoms. The fourth-order valence-electron chi connectivity index (χ4n) is 3.96. The molecule has 3 aliphatic rings. The zero-order valence-corrected chi connectivity index (χ0v) is 19.2. The quantitative estimate of drug-likeness (QED) is 0.144. The van der Waals surface area contributed by atoms with Crippen LogP contribution in [0.25, 0.3) is 0 Å². The van der Waals surface area contributed by atoms with Gasteiger partial charge in [0.1, 0.15) is 73.8 Å². The lowest BCUT2D eigenvalue weighted by molar-refractivity contribution is -0.383. The van der Waals surface area contributed by atoms with Crippen LogP contribution in [0.1, 0.15) is 0 Å². The lowest BCUT2D eigenvalue weighted by Crippen LogP contribution is -2.62. The van der Waals surface area contributed by atoms with Crippen LogP contribution < -0.4 is 0 Å². The highest BCUT2D eigenvalue weighted by Gasteiger charge is 2.58. The van der Waals surface area contributed by atoms with E-state index in [4.69, 9.17) is 39.0 Å². The molecule has 0 radical (unpaired) electrons. The van der Waals surface area contributed by atoms with Crippen molar-refractivity contribution in [3.63, 3.8) is 0 Å². The van der Waals surface area contributed by atoms with Gasteiger partial charge in [-0.25, -0.2) is 0 Å². The Morgan fingerprint density at radius 3 is 1.64 bits per heavy atom. The number of ether oxygens (including phenoxy) is 5. The predicted octanol–water partition coefficient (Wildman–Crippen LogP) is -7.96. The third-order valence-corrected chi connectivity index (χ3v) is 6.19. The van der Waals surface area contributed by atoms with E-state index in [1.54, 1.807) is 0 Å². The second kappa shape index (κ2) is 13.4. The highest BCUT2D eigenvalue weighted by Crippen LogP contribution is 2.35. The van der Waals surface area contributed by atoms with Crippen LogP contribution in [-0.4, -0.2) is 180 Å². The standard InChI is InChI=1S/C12H22O11.C7H14O6/c13-1-4-6(16)8(18)9(19)11(21-4)23-12(3-15)10(20)7(17)5(2-14)22-12;1-12-6-5(10)4(9)3(2-8)13-7(6)11/h4-11,13-20H,1-3H2;3-11H,2H2,1H3/t4-,5-,6-,7-,8+,9-,10+,11-,12+;3-,4-,5+,6-,7+/m11/s1. The van der Waals surface area contributed by atoms with Gasteiger partial charge in [0.15, 0.2) is 12.6 Å². The van der Waals surface area contributed by atoms with Crippen LogP contribution in [-0.2, 0) is 23.7 Å². The van der Waals surface area contributed by atoms with Crippen molar-refractivity contribution in [3.8, 4) is 0 Å². The third kappa shape index (κ3) is 6.30. The summed E-state index contributed by atoms with van der Waals surface area (Å²) in [6, 6.07) is 0. The van der Waals surface area contributed by atoms with E-state index >= 15 is 0 Å². The fraction of sp³-hybridized carbons (Fsp3) is 1.00. The van der Waals surface area contributed by atoms with Crippen LogP contribution in [0.15, 0.2) is 0 Å². The summed E-state index contributed by atoms with van der Waals surface area (Å²) in [6.45, 7) is -2.79. The summed E-state index contributed by atoms with van der Waals surface area (Å²) in [7, 11) is 1.28. The van der Waals surface area contributed by atoms with E-state index in [1.165, 1.54) is 7.11 Å². The molecule has 0 aliphatic carbocycles. The van der Waals surface area contributed by atoms with E-state index in [9.17, 15) is 46.0 Å². The van der Waals surface area contributed by atoms with Gasteiger partial charge in [-0.15, -0.1) is 0 Å². The summed E-state index contributed by atoms with van der Waals surface area (Å²) in [5, 5.41) is 113. The lowest BCUT2D eigenvalue weighted by Gasteiger charge is -2.43. The first-order chi connectivity index (χ1) is 16.9. The Kier molecular flexibility index (Phi) is 11.7. The molecule has 3 rings (SSSR count). The number of methoxy groups -OCH3 is 1. The molecule has 0 amide bonds. The number of hydrogen-bond donors (Lipinski definition) is 12. The maximum absolute atomic E-state index is 10.00. The largest absolute Gasteiger partial charge is 0.394 e. The van der Waals surface area contributed by atoms with Crippen molar-refractivity contribution < 1.29 is 85.0 Å². The molecule has 0 aromatic rings. The number of hydrogen-bond acceptors (Lipinski definition) is 17. The van der Waals surface area contributed by atoms with Gasteiger partial charge in [-0.3, -0.25) is 0 Å². The SMILES string of the molecule is CO[C@@H]1[C@@H](O)[C@H](O)[C@@H](CO)O[C@@H]1O.OC[C@H]1O[C@@](CO)(O[C@H]2O[C@H](CO)[C@@H](O)[C@H](O)[C@H]2O)[C@@H](O)[C@@H]1O. The Labute approximate surface area is 204 Å². The Balaban J connectivity index is 0.000000297. The van der Waals surface area contributed by atoms with Crippen molar-refractivity contribution >= 4 is 0 Å². The van der Waals surface area contributed by atoms with Gasteiger partial charge in [0.2, 0.25) is 5.79 Å². The average molecular weight is 536 g/mol. The number of aliphatic hydroxyl groups is 12. The first kappa shape index (κ1) is 31.5. The Bertz CT molecular complexity index is 655. The predicted molar refractivity (Wildman–Crippen MR) is 109 cm³/mol. The van der Waals surface area contributed by atoms with E-state index in [1.807, 2.05) is 0 Å². The molecule has 0 unspecified atom stereocenters. The van der Waals surface area contributed by atoms with Crippen LogP contribution in [0.3, 0.4) is 0 Å². The van der Waals surface area contributed by atoms with Gasteiger partial charge in [-0.05, 0) is 0 Å². The summed E-state index contributed by atoms with van der Waals surface area (Å²) in [4.78, 5) is 0. The van der Waals surface area contributed by atoms with Crippen molar-refractivity contribution in [1.82, 2.24) is 0 Å². The summed E-state index contributed by atoms with van der Waals surface area (Å²) in [5.74, 6) is -2.22. The molecule has 0 spiro atoms. The van der Waals surface area contributed by atoms with Crippen molar-refractivity contribution in [1.29, 1.82) is 0 Å². The first-order valence-electron chi connectivity index (χ1n) is 11.0. The summed E-state index contributed by atoms with van der Waals surface area (Å²) in [5.41, 5.74) is 0. The maximum atomic E-state index is 10.00. The van der Waals surface area contributed by atoms with Gasteiger partial charge < -0.3 is 85.0 Å². The van der Waals surface area contributed by atoms with Crippen molar-refractivity contribution in [3.05, 3.63) is 0 Å². The molecule has 3 heterocycles. The van der Waals surface area contributed by atoms with Gasteiger partial charge in [-0.1, -0.05) is 0 Å². The minimum absolute atomic E-state index is 0.467. The molecule has 17 heteroatoms. The molecule has 3 fully saturated rings. The summed E-state index contributed by atoms with van der Waals surface area (Å²) < 4.78 is 25.0. The minimum atomic E-state index is -2.22. The van der Waals surface area contributed by atoms with E-state index in [-0.39, 0.29) is 0 Å². The monoisotopic (exact) mass is 536 g/mol. The van der Waals surface area contributed by atoms with Gasteiger partial charge in [0, 0.05) is 7.11 Å². The maximum Gasteiger partial charge on any atom is 0.224 e. The topological polar surface area (TPSA) is 289 Å². The van der Waals surface area contributed by atoms with E-state index in [0.717, 1.165) is 0 Å². The van der Waals surface area contributed by atoms with E-state index < -0.39 is 112 Å². The Morgan fingerprint density at radius 1 is 0.639 bits per heavy atom. The zero-order chi connectivity index (χ0) is 27.4. The van der Waals surface area contributed by atoms with Gasteiger partial charge in [-0.2, -0.15) is 0 Å². The van der Waals surface area contributed by atoms with E-state index in [0.29, 0.717) is 0 Å². The Hall–Kier alpha value is -0.680. The molecule has 0 aromatic heterocycles. The second-order valence-corrected chi connectivity index (χ2v) is 8.49. The van der Waals surface area contributed by atoms with Crippen LogP contribution >= 0.6 is 0 Å². The molecule has 0 aromatic carbocycles. The fourth-order valence-corrected chi connectivity index (χ4v) is 3.96. The molecular formula is C19H36O17. The third-order valence-electron chi connectivity index (χ3n) is 6.19. The molecule has 0 saturated carbocycles. The van der Waals surface area contributed by atoms with Crippen LogP contribution in [0, 0.1) is 0 Å². The molecule has 17 nitrogen and oxygen atoms in total.